The van der Waals surface area contributed by atoms with Gasteiger partial charge in [-0.1, -0.05) is 52.3 Å². The van der Waals surface area contributed by atoms with E-state index >= 15 is 0 Å². The van der Waals surface area contributed by atoms with Gasteiger partial charge >= 0.3 is 11.9 Å². The molecule has 4 rings (SSSR count). The molecule has 3 atom stereocenters. The molecule has 7 heteroatoms. The molecule has 2 aromatic rings. The van der Waals surface area contributed by atoms with E-state index in [4.69, 9.17) is 15.9 Å². The lowest BCUT2D eigenvalue weighted by atomic mass is 9.50. The third-order valence-electron chi connectivity index (χ3n) is 7.69. The van der Waals surface area contributed by atoms with E-state index in [1.807, 2.05) is 0 Å². The molecule has 1 aromatic carbocycles. The van der Waals surface area contributed by atoms with Gasteiger partial charge in [-0.25, -0.2) is 14.6 Å². The summed E-state index contributed by atoms with van der Waals surface area (Å²) < 4.78 is 0. The van der Waals surface area contributed by atoms with Crippen LogP contribution in [0.2, 0.25) is 0 Å². The quantitative estimate of drug-likeness (QED) is 0.549. The van der Waals surface area contributed by atoms with Crippen LogP contribution < -0.4 is 5.73 Å². The summed E-state index contributed by atoms with van der Waals surface area (Å²) in [4.78, 5) is 26.0. The van der Waals surface area contributed by atoms with Crippen molar-refractivity contribution in [3.8, 4) is 0 Å². The van der Waals surface area contributed by atoms with Gasteiger partial charge in [0.2, 0.25) is 0 Å². The number of H-pyrrole nitrogens is 1. The van der Waals surface area contributed by atoms with Crippen molar-refractivity contribution in [3.05, 3.63) is 52.6 Å². The zero-order valence-corrected chi connectivity index (χ0v) is 19.4. The van der Waals surface area contributed by atoms with Crippen molar-refractivity contribution >= 4 is 11.9 Å². The number of imidazole rings is 1. The summed E-state index contributed by atoms with van der Waals surface area (Å²) in [6.07, 6.45) is 7.55. The molecule has 1 heterocycles. The van der Waals surface area contributed by atoms with Crippen molar-refractivity contribution in [1.29, 1.82) is 0 Å². The van der Waals surface area contributed by atoms with E-state index < -0.39 is 23.3 Å². The standard InChI is InChI=1S/C20H31N.C5H4N2O4/c1-14(2)15-6-8-17-16(12-15)7-9-18-19(3,13-21)10-5-11-20(17,18)4;8-4(9)2-3(5(10)11)7-1-6-2/h6,8,12,14,18H,5,7,9-11,13,21H2,1-4H3;1H,(H,6,7)(H,8,9)(H,10,11)/t18-,19-,20+;/m0./s1. The Balaban J connectivity index is 0.000000222. The van der Waals surface area contributed by atoms with Gasteiger partial charge in [-0.05, 0) is 71.6 Å². The Bertz CT molecular complexity index is 970. The number of aromatic amines is 1. The van der Waals surface area contributed by atoms with Gasteiger partial charge < -0.3 is 20.9 Å². The van der Waals surface area contributed by atoms with Gasteiger partial charge in [0, 0.05) is 0 Å². The van der Waals surface area contributed by atoms with Crippen molar-refractivity contribution < 1.29 is 19.8 Å². The average Bonchev–Trinajstić information content (AvgIpc) is 3.24. The molecule has 0 radical (unpaired) electrons. The van der Waals surface area contributed by atoms with E-state index in [-0.39, 0.29) is 0 Å². The zero-order chi connectivity index (χ0) is 23.7. The van der Waals surface area contributed by atoms with Gasteiger partial charge in [-0.3, -0.25) is 0 Å². The van der Waals surface area contributed by atoms with Crippen LogP contribution in [0.5, 0.6) is 0 Å². The summed E-state index contributed by atoms with van der Waals surface area (Å²) in [5.74, 6) is -1.31. The number of benzene rings is 1. The maximum Gasteiger partial charge on any atom is 0.357 e. The van der Waals surface area contributed by atoms with Gasteiger partial charge in [0.1, 0.15) is 0 Å². The zero-order valence-electron chi connectivity index (χ0n) is 19.4. The first-order valence-electron chi connectivity index (χ1n) is 11.4. The maximum absolute atomic E-state index is 10.3. The predicted octanol–water partition coefficient (Wildman–Crippen LogP) is 4.59. The van der Waals surface area contributed by atoms with Crippen LogP contribution >= 0.6 is 0 Å². The Labute approximate surface area is 189 Å². The molecular weight excluding hydrogens is 406 g/mol. The lowest BCUT2D eigenvalue weighted by Crippen LogP contribution is -2.51. The number of carboxylic acid groups (broad SMARTS) is 2. The summed E-state index contributed by atoms with van der Waals surface area (Å²) in [5, 5.41) is 16.7. The van der Waals surface area contributed by atoms with Crippen LogP contribution in [0, 0.1) is 11.3 Å². The summed E-state index contributed by atoms with van der Waals surface area (Å²) >= 11 is 0. The molecule has 1 aromatic heterocycles. The number of carboxylic acids is 2. The molecule has 0 amide bonds. The van der Waals surface area contributed by atoms with E-state index in [0.717, 1.165) is 18.8 Å². The molecule has 0 saturated heterocycles. The second-order valence-corrected chi connectivity index (χ2v) is 10.0. The molecule has 7 nitrogen and oxygen atoms in total. The highest BCUT2D eigenvalue weighted by molar-refractivity contribution is 5.98. The minimum absolute atomic E-state index is 0.335. The van der Waals surface area contributed by atoms with Crippen molar-refractivity contribution in [2.45, 2.75) is 71.1 Å². The minimum Gasteiger partial charge on any atom is -0.477 e. The highest BCUT2D eigenvalue weighted by Crippen LogP contribution is 2.56. The Morgan fingerprint density at radius 2 is 1.94 bits per heavy atom. The molecule has 1 fully saturated rings. The van der Waals surface area contributed by atoms with Gasteiger partial charge in [0.15, 0.2) is 11.4 Å². The number of carbonyl (C=O) groups is 2. The van der Waals surface area contributed by atoms with E-state index in [9.17, 15) is 9.59 Å². The fraction of sp³-hybridized carbons (Fsp3) is 0.560. The first kappa shape index (κ1) is 24.0. The highest BCUT2D eigenvalue weighted by Gasteiger charge is 2.50. The van der Waals surface area contributed by atoms with Crippen LogP contribution in [-0.4, -0.2) is 38.7 Å². The van der Waals surface area contributed by atoms with E-state index in [2.05, 4.69) is 55.9 Å². The first-order chi connectivity index (χ1) is 15.0. The maximum atomic E-state index is 10.3. The molecule has 0 unspecified atom stereocenters. The van der Waals surface area contributed by atoms with Crippen molar-refractivity contribution in [1.82, 2.24) is 9.97 Å². The molecule has 1 saturated carbocycles. The molecule has 174 valence electrons. The summed E-state index contributed by atoms with van der Waals surface area (Å²) in [5.41, 5.74) is 10.7. The average molecular weight is 442 g/mol. The number of aromatic carboxylic acids is 2. The number of aromatic nitrogens is 2. The Morgan fingerprint density at radius 1 is 1.22 bits per heavy atom. The van der Waals surface area contributed by atoms with Gasteiger partial charge in [0.05, 0.1) is 6.33 Å². The number of rotatable bonds is 4. The monoisotopic (exact) mass is 441 g/mol. The van der Waals surface area contributed by atoms with Crippen LogP contribution in [0.4, 0.5) is 0 Å². The molecule has 32 heavy (non-hydrogen) atoms. The van der Waals surface area contributed by atoms with Crippen molar-refractivity contribution in [3.63, 3.8) is 0 Å². The SMILES string of the molecule is CC(C)c1ccc2c(c1)CC[C@H]1[C@](C)(CN)CCC[C@]21C.O=C(O)c1nc[nH]c1C(=O)O. The smallest absolute Gasteiger partial charge is 0.357 e. The number of hydrogen-bond donors (Lipinski definition) is 4. The summed E-state index contributed by atoms with van der Waals surface area (Å²) in [7, 11) is 0. The van der Waals surface area contributed by atoms with Crippen LogP contribution in [0.1, 0.15) is 97.0 Å². The molecule has 2 aliphatic carbocycles. The van der Waals surface area contributed by atoms with Crippen LogP contribution in [0.25, 0.3) is 0 Å². The molecular formula is C25H35N3O4. The Kier molecular flexibility index (Phi) is 6.79. The third-order valence-corrected chi connectivity index (χ3v) is 7.69. The van der Waals surface area contributed by atoms with Gasteiger partial charge in [-0.2, -0.15) is 0 Å². The van der Waals surface area contributed by atoms with Crippen LogP contribution in [0.3, 0.4) is 0 Å². The van der Waals surface area contributed by atoms with Gasteiger partial charge in [0.25, 0.3) is 0 Å². The fourth-order valence-corrected chi connectivity index (χ4v) is 5.87. The van der Waals surface area contributed by atoms with Crippen molar-refractivity contribution in [2.24, 2.45) is 17.1 Å². The minimum atomic E-state index is -1.36. The van der Waals surface area contributed by atoms with Crippen LogP contribution in [-0.2, 0) is 11.8 Å². The van der Waals surface area contributed by atoms with E-state index in [1.165, 1.54) is 37.7 Å². The predicted molar refractivity (Wildman–Crippen MR) is 123 cm³/mol. The summed E-state index contributed by atoms with van der Waals surface area (Å²) in [6.45, 7) is 10.4. The summed E-state index contributed by atoms with van der Waals surface area (Å²) in [6, 6.07) is 7.29. The number of fused-ring (bicyclic) bond motifs is 3. The second kappa shape index (κ2) is 9.06. The normalized spacial score (nSPS) is 26.5. The Morgan fingerprint density at radius 3 is 2.50 bits per heavy atom. The second-order valence-electron chi connectivity index (χ2n) is 10.0. The van der Waals surface area contributed by atoms with E-state index in [0.29, 0.717) is 16.7 Å². The molecule has 0 aliphatic heterocycles. The van der Waals surface area contributed by atoms with E-state index in [1.54, 1.807) is 11.1 Å². The fourth-order valence-electron chi connectivity index (χ4n) is 5.87. The number of nitrogens with zero attached hydrogens (tertiary/aromatic N) is 1. The molecule has 0 spiro atoms. The molecule has 2 aliphatic rings. The molecule has 5 N–H and O–H groups in total. The number of nitrogens with one attached hydrogen (secondary N) is 1. The highest BCUT2D eigenvalue weighted by atomic mass is 16.4. The Hall–Kier alpha value is -2.67. The lowest BCUT2D eigenvalue weighted by Gasteiger charge is -2.55. The lowest BCUT2D eigenvalue weighted by molar-refractivity contribution is 0.0326. The largest absolute Gasteiger partial charge is 0.477 e. The van der Waals surface area contributed by atoms with Crippen molar-refractivity contribution in [2.75, 3.05) is 6.54 Å². The van der Waals surface area contributed by atoms with Crippen LogP contribution in [0.15, 0.2) is 24.5 Å². The number of nitrogens with two attached hydrogens (primary N) is 1. The first-order valence-corrected chi connectivity index (χ1v) is 11.4. The topological polar surface area (TPSA) is 129 Å². The number of hydrogen-bond acceptors (Lipinski definition) is 4. The molecule has 0 bridgehead atoms. The van der Waals surface area contributed by atoms with Gasteiger partial charge in [-0.15, -0.1) is 0 Å². The third kappa shape index (κ3) is 4.31. The number of aryl methyl sites for hydroxylation is 1.